The lowest BCUT2D eigenvalue weighted by Gasteiger charge is -1.95. The van der Waals surface area contributed by atoms with Gasteiger partial charge in [0.05, 0.1) is 12.1 Å². The predicted octanol–water partition coefficient (Wildman–Crippen LogP) is 0.461. The standard InChI is InChI=1S/C9H7ClFN3O3/c1-17-7(15)4-14-9(16)13-3-5(10)2-6(11)8(13)12-14/h2-3H,4H2,1H3. The third kappa shape index (κ3) is 2.01. The minimum atomic E-state index is -0.738. The molecule has 0 aromatic carbocycles. The largest absolute Gasteiger partial charge is 0.468 e. The highest BCUT2D eigenvalue weighted by Crippen LogP contribution is 2.12. The fourth-order valence-corrected chi connectivity index (χ4v) is 1.53. The van der Waals surface area contributed by atoms with Gasteiger partial charge < -0.3 is 4.74 Å². The summed E-state index contributed by atoms with van der Waals surface area (Å²) in [4.78, 5) is 22.7. The van der Waals surface area contributed by atoms with Gasteiger partial charge in [0.1, 0.15) is 6.54 Å². The smallest absolute Gasteiger partial charge is 0.351 e. The molecule has 0 saturated heterocycles. The Bertz CT molecular complexity index is 649. The topological polar surface area (TPSA) is 65.6 Å². The van der Waals surface area contributed by atoms with Crippen LogP contribution in [0.25, 0.3) is 5.65 Å². The van der Waals surface area contributed by atoms with E-state index in [0.717, 1.165) is 15.1 Å². The highest BCUT2D eigenvalue weighted by molar-refractivity contribution is 6.30. The van der Waals surface area contributed by atoms with E-state index in [2.05, 4.69) is 9.84 Å². The number of methoxy groups -OCH3 is 1. The molecule has 2 rings (SSSR count). The van der Waals surface area contributed by atoms with Crippen LogP contribution in [0.4, 0.5) is 4.39 Å². The Kier molecular flexibility index (Phi) is 2.84. The van der Waals surface area contributed by atoms with Crippen LogP contribution in [0.5, 0.6) is 0 Å². The first-order chi connectivity index (χ1) is 8.02. The fraction of sp³-hybridized carbons (Fsp3) is 0.222. The van der Waals surface area contributed by atoms with E-state index in [4.69, 9.17) is 11.6 Å². The van der Waals surface area contributed by atoms with Gasteiger partial charge in [0.2, 0.25) is 0 Å². The van der Waals surface area contributed by atoms with Crippen molar-refractivity contribution in [3.8, 4) is 0 Å². The second-order valence-electron chi connectivity index (χ2n) is 3.22. The molecule has 0 fully saturated rings. The van der Waals surface area contributed by atoms with Gasteiger partial charge in [0.15, 0.2) is 11.5 Å². The Morgan fingerprint density at radius 1 is 1.65 bits per heavy atom. The Labute approximate surface area is 99.2 Å². The Hall–Kier alpha value is -1.89. The molecule has 17 heavy (non-hydrogen) atoms. The third-order valence-electron chi connectivity index (χ3n) is 2.11. The molecule has 0 bridgehead atoms. The molecule has 2 aromatic rings. The normalized spacial score (nSPS) is 10.8. The van der Waals surface area contributed by atoms with Gasteiger partial charge in [-0.3, -0.25) is 4.79 Å². The van der Waals surface area contributed by atoms with Gasteiger partial charge >= 0.3 is 11.7 Å². The van der Waals surface area contributed by atoms with Crippen LogP contribution in [0.15, 0.2) is 17.1 Å². The van der Waals surface area contributed by atoms with Crippen LogP contribution in [-0.2, 0) is 16.1 Å². The molecule has 8 heteroatoms. The van der Waals surface area contributed by atoms with Crippen molar-refractivity contribution < 1.29 is 13.9 Å². The SMILES string of the molecule is COC(=O)Cn1nc2c(F)cc(Cl)cn2c1=O. The first-order valence-electron chi connectivity index (χ1n) is 4.54. The van der Waals surface area contributed by atoms with Crippen molar-refractivity contribution in [2.24, 2.45) is 0 Å². The molecule has 0 atom stereocenters. The molecular weight excluding hydrogens is 253 g/mol. The Morgan fingerprint density at radius 3 is 3.00 bits per heavy atom. The molecule has 6 nitrogen and oxygen atoms in total. The van der Waals surface area contributed by atoms with Crippen molar-refractivity contribution in [3.63, 3.8) is 0 Å². The minimum absolute atomic E-state index is 0.0646. The maximum absolute atomic E-state index is 13.4. The number of ether oxygens (including phenoxy) is 1. The van der Waals surface area contributed by atoms with Crippen LogP contribution < -0.4 is 5.69 Å². The van der Waals surface area contributed by atoms with E-state index in [0.29, 0.717) is 0 Å². The summed E-state index contributed by atoms with van der Waals surface area (Å²) < 4.78 is 19.6. The van der Waals surface area contributed by atoms with Gasteiger partial charge in [-0.15, -0.1) is 5.10 Å². The van der Waals surface area contributed by atoms with E-state index in [1.807, 2.05) is 0 Å². The van der Waals surface area contributed by atoms with E-state index in [1.54, 1.807) is 0 Å². The van der Waals surface area contributed by atoms with Crippen LogP contribution >= 0.6 is 11.6 Å². The van der Waals surface area contributed by atoms with Gasteiger partial charge in [0.25, 0.3) is 0 Å². The number of hydrogen-bond acceptors (Lipinski definition) is 4. The molecule has 0 saturated carbocycles. The molecule has 0 N–H and O–H groups in total. The van der Waals surface area contributed by atoms with E-state index in [1.165, 1.54) is 13.3 Å². The molecule has 0 aliphatic rings. The molecular formula is C9H7ClFN3O3. The van der Waals surface area contributed by atoms with Crippen molar-refractivity contribution in [2.45, 2.75) is 6.54 Å². The average Bonchev–Trinajstić information content (AvgIpc) is 2.57. The molecule has 90 valence electrons. The second-order valence-corrected chi connectivity index (χ2v) is 3.65. The van der Waals surface area contributed by atoms with Gasteiger partial charge in [-0.1, -0.05) is 11.6 Å². The number of carbonyl (C=O) groups is 1. The van der Waals surface area contributed by atoms with E-state index in [9.17, 15) is 14.0 Å². The molecule has 0 aliphatic heterocycles. The zero-order valence-corrected chi connectivity index (χ0v) is 9.44. The van der Waals surface area contributed by atoms with Crippen LogP contribution in [0.2, 0.25) is 5.02 Å². The van der Waals surface area contributed by atoms with Gasteiger partial charge in [-0.2, -0.15) is 0 Å². The molecule has 2 aromatic heterocycles. The number of fused-ring (bicyclic) bond motifs is 1. The summed E-state index contributed by atoms with van der Waals surface area (Å²) in [5, 5.41) is 3.74. The number of halogens is 2. The van der Waals surface area contributed by atoms with Crippen LogP contribution in [-0.4, -0.2) is 27.3 Å². The molecule has 0 unspecified atom stereocenters. The Balaban J connectivity index is 2.61. The summed E-state index contributed by atoms with van der Waals surface area (Å²) in [6.07, 6.45) is 1.23. The summed E-state index contributed by atoms with van der Waals surface area (Å²) in [5.41, 5.74) is -0.852. The quantitative estimate of drug-likeness (QED) is 0.735. The van der Waals surface area contributed by atoms with Gasteiger partial charge in [-0.25, -0.2) is 18.3 Å². The van der Waals surface area contributed by atoms with E-state index < -0.39 is 17.5 Å². The van der Waals surface area contributed by atoms with E-state index in [-0.39, 0.29) is 17.2 Å². The van der Waals surface area contributed by atoms with Gasteiger partial charge in [-0.05, 0) is 6.07 Å². The summed E-state index contributed by atoms with van der Waals surface area (Å²) in [5.74, 6) is -1.39. The van der Waals surface area contributed by atoms with Crippen LogP contribution in [0.1, 0.15) is 0 Å². The van der Waals surface area contributed by atoms with Crippen molar-refractivity contribution in [1.29, 1.82) is 0 Å². The monoisotopic (exact) mass is 259 g/mol. The summed E-state index contributed by atoms with van der Waals surface area (Å²) in [7, 11) is 1.18. The molecule has 0 spiro atoms. The second kappa shape index (κ2) is 4.17. The molecule has 0 aliphatic carbocycles. The van der Waals surface area contributed by atoms with Gasteiger partial charge in [0, 0.05) is 6.20 Å². The highest BCUT2D eigenvalue weighted by atomic mass is 35.5. The maximum Gasteiger partial charge on any atom is 0.351 e. The zero-order chi connectivity index (χ0) is 12.6. The van der Waals surface area contributed by atoms with Crippen molar-refractivity contribution in [1.82, 2.24) is 14.2 Å². The number of carbonyl (C=O) groups excluding carboxylic acids is 1. The summed E-state index contributed by atoms with van der Waals surface area (Å²) in [6.45, 7) is -0.381. The summed E-state index contributed by atoms with van der Waals surface area (Å²) in [6, 6.07) is 1.03. The van der Waals surface area contributed by atoms with E-state index >= 15 is 0 Å². The van der Waals surface area contributed by atoms with Crippen LogP contribution in [0, 0.1) is 5.82 Å². The molecule has 2 heterocycles. The Morgan fingerprint density at radius 2 is 2.35 bits per heavy atom. The lowest BCUT2D eigenvalue weighted by Crippen LogP contribution is -2.25. The predicted molar refractivity (Wildman–Crippen MR) is 56.4 cm³/mol. The zero-order valence-electron chi connectivity index (χ0n) is 8.68. The average molecular weight is 260 g/mol. The number of rotatable bonds is 2. The lowest BCUT2D eigenvalue weighted by molar-refractivity contribution is -0.141. The minimum Gasteiger partial charge on any atom is -0.468 e. The van der Waals surface area contributed by atoms with Crippen LogP contribution in [0.3, 0.4) is 0 Å². The number of nitrogens with zero attached hydrogens (tertiary/aromatic N) is 3. The van der Waals surface area contributed by atoms with Crippen molar-refractivity contribution >= 4 is 23.2 Å². The number of aromatic nitrogens is 3. The van der Waals surface area contributed by atoms with Crippen molar-refractivity contribution in [3.05, 3.63) is 33.6 Å². The first-order valence-corrected chi connectivity index (χ1v) is 4.91. The number of pyridine rings is 1. The molecule has 0 amide bonds. The number of esters is 1. The third-order valence-corrected chi connectivity index (χ3v) is 2.31. The highest BCUT2D eigenvalue weighted by Gasteiger charge is 2.14. The summed E-state index contributed by atoms with van der Waals surface area (Å²) >= 11 is 5.61. The fourth-order valence-electron chi connectivity index (χ4n) is 1.34. The first kappa shape index (κ1) is 11.6. The number of hydrogen-bond donors (Lipinski definition) is 0. The van der Waals surface area contributed by atoms with Crippen molar-refractivity contribution in [2.75, 3.05) is 7.11 Å². The molecule has 0 radical (unpaired) electrons. The maximum atomic E-state index is 13.4. The lowest BCUT2D eigenvalue weighted by atomic mass is 10.4.